The second-order valence-electron chi connectivity index (χ2n) is 6.03. The fourth-order valence-corrected chi connectivity index (χ4v) is 2.58. The van der Waals surface area contributed by atoms with E-state index >= 15 is 0 Å². The van der Waals surface area contributed by atoms with Crippen molar-refractivity contribution in [2.24, 2.45) is 0 Å². The molecule has 0 bridgehead atoms. The summed E-state index contributed by atoms with van der Waals surface area (Å²) >= 11 is 0. The van der Waals surface area contributed by atoms with Crippen LogP contribution in [0.4, 0.5) is 5.95 Å². The highest BCUT2D eigenvalue weighted by atomic mass is 16.5. The molecule has 2 heterocycles. The molecule has 0 aliphatic heterocycles. The largest absolute Gasteiger partial charge is 0.471 e. The lowest BCUT2D eigenvalue weighted by Gasteiger charge is -2.05. The third-order valence-electron chi connectivity index (χ3n) is 3.93. The molecule has 8 heteroatoms. The predicted octanol–water partition coefficient (Wildman–Crippen LogP) is 2.81. The normalized spacial score (nSPS) is 10.6. The van der Waals surface area contributed by atoms with Crippen molar-refractivity contribution in [3.05, 3.63) is 90.5 Å². The van der Waals surface area contributed by atoms with E-state index in [0.29, 0.717) is 6.54 Å². The van der Waals surface area contributed by atoms with E-state index in [1.54, 1.807) is 28.0 Å². The van der Waals surface area contributed by atoms with Crippen LogP contribution in [0.5, 0.6) is 5.75 Å². The van der Waals surface area contributed by atoms with Gasteiger partial charge in [0.1, 0.15) is 12.1 Å². The van der Waals surface area contributed by atoms with Crippen molar-refractivity contribution in [2.45, 2.75) is 13.3 Å². The maximum absolute atomic E-state index is 12.4. The van der Waals surface area contributed by atoms with Gasteiger partial charge in [0.2, 0.25) is 5.95 Å². The van der Waals surface area contributed by atoms with Crippen molar-refractivity contribution in [3.8, 4) is 5.75 Å². The first kappa shape index (κ1) is 17.5. The summed E-state index contributed by atoms with van der Waals surface area (Å²) in [7, 11) is 0. The molecule has 8 nitrogen and oxygen atoms in total. The number of hydrogen-bond acceptors (Lipinski definition) is 5. The molecule has 0 unspecified atom stereocenters. The van der Waals surface area contributed by atoms with Gasteiger partial charge in [0, 0.05) is 6.20 Å². The molecule has 28 heavy (non-hydrogen) atoms. The first-order valence-electron chi connectivity index (χ1n) is 8.72. The van der Waals surface area contributed by atoms with E-state index in [2.05, 4.69) is 20.5 Å². The summed E-state index contributed by atoms with van der Waals surface area (Å²) in [6.45, 7) is 0.788. The first-order valence-corrected chi connectivity index (χ1v) is 8.72. The zero-order valence-electron chi connectivity index (χ0n) is 15.0. The van der Waals surface area contributed by atoms with Gasteiger partial charge in [-0.1, -0.05) is 48.5 Å². The van der Waals surface area contributed by atoms with Crippen LogP contribution in [0.1, 0.15) is 16.1 Å². The average molecular weight is 374 g/mol. The van der Waals surface area contributed by atoms with Gasteiger partial charge in [-0.15, -0.1) is 5.10 Å². The van der Waals surface area contributed by atoms with Gasteiger partial charge in [-0.25, -0.2) is 14.3 Å². The van der Waals surface area contributed by atoms with Gasteiger partial charge in [-0.05, 0) is 23.8 Å². The number of para-hydroxylation sites is 1. The highest BCUT2D eigenvalue weighted by Gasteiger charge is 2.12. The molecule has 0 saturated heterocycles. The molecule has 4 rings (SSSR count). The lowest BCUT2D eigenvalue weighted by atomic mass is 10.2. The standard InChI is InChI=1S/C20H18N6O2/c27-19(18-11-12-25(23-18)15-28-17-9-5-2-6-10-17)22-20-21-14-26(24-20)13-16-7-3-1-4-8-16/h1-12,14H,13,15H2,(H,22,24,27). The fourth-order valence-electron chi connectivity index (χ4n) is 2.58. The van der Waals surface area contributed by atoms with E-state index in [9.17, 15) is 4.79 Å². The molecular weight excluding hydrogens is 356 g/mol. The Labute approximate surface area is 161 Å². The molecule has 1 N–H and O–H groups in total. The van der Waals surface area contributed by atoms with Crippen LogP contribution in [0.15, 0.2) is 79.3 Å². The summed E-state index contributed by atoms with van der Waals surface area (Å²) in [6, 6.07) is 20.9. The van der Waals surface area contributed by atoms with Gasteiger partial charge >= 0.3 is 0 Å². The van der Waals surface area contributed by atoms with Crippen molar-refractivity contribution >= 4 is 11.9 Å². The summed E-state index contributed by atoms with van der Waals surface area (Å²) in [5.74, 6) is 0.587. The SMILES string of the molecule is O=C(Nc1ncn(Cc2ccccc2)n1)c1ccn(COc2ccccc2)n1. The van der Waals surface area contributed by atoms with Gasteiger partial charge in [0.25, 0.3) is 5.91 Å². The van der Waals surface area contributed by atoms with Gasteiger partial charge in [-0.2, -0.15) is 5.10 Å². The van der Waals surface area contributed by atoms with Crippen LogP contribution in [0, 0.1) is 0 Å². The Bertz CT molecular complexity index is 1040. The average Bonchev–Trinajstić information content (AvgIpc) is 3.38. The Morgan fingerprint density at radius 3 is 2.46 bits per heavy atom. The first-order chi connectivity index (χ1) is 13.8. The number of nitrogens with one attached hydrogen (secondary N) is 1. The van der Waals surface area contributed by atoms with E-state index in [-0.39, 0.29) is 24.3 Å². The zero-order valence-corrected chi connectivity index (χ0v) is 15.0. The minimum atomic E-state index is -0.379. The van der Waals surface area contributed by atoms with Crippen molar-refractivity contribution in [2.75, 3.05) is 5.32 Å². The number of nitrogens with zero attached hydrogens (tertiary/aromatic N) is 5. The van der Waals surface area contributed by atoms with Crippen molar-refractivity contribution in [1.82, 2.24) is 24.5 Å². The van der Waals surface area contributed by atoms with E-state index < -0.39 is 0 Å². The number of amides is 1. The number of hydrogen-bond donors (Lipinski definition) is 1. The molecule has 0 saturated carbocycles. The van der Waals surface area contributed by atoms with Gasteiger partial charge < -0.3 is 4.74 Å². The van der Waals surface area contributed by atoms with E-state index in [4.69, 9.17) is 4.74 Å². The second-order valence-corrected chi connectivity index (χ2v) is 6.03. The molecule has 4 aromatic rings. The summed E-state index contributed by atoms with van der Waals surface area (Å²) in [5.41, 5.74) is 1.36. The molecule has 0 aliphatic carbocycles. The second kappa shape index (κ2) is 8.17. The van der Waals surface area contributed by atoms with Gasteiger partial charge in [-0.3, -0.25) is 10.1 Å². The van der Waals surface area contributed by atoms with Crippen molar-refractivity contribution in [1.29, 1.82) is 0 Å². The Balaban J connectivity index is 1.33. The van der Waals surface area contributed by atoms with Crippen molar-refractivity contribution in [3.63, 3.8) is 0 Å². The molecule has 0 fully saturated rings. The summed E-state index contributed by atoms with van der Waals surface area (Å²) in [4.78, 5) is 16.5. The van der Waals surface area contributed by atoms with Crippen LogP contribution in [0.3, 0.4) is 0 Å². The molecule has 0 atom stereocenters. The Morgan fingerprint density at radius 1 is 0.929 bits per heavy atom. The molecule has 2 aromatic carbocycles. The monoisotopic (exact) mass is 374 g/mol. The lowest BCUT2D eigenvalue weighted by Crippen LogP contribution is -2.15. The number of anilines is 1. The van der Waals surface area contributed by atoms with E-state index in [1.807, 2.05) is 60.7 Å². The quantitative estimate of drug-likeness (QED) is 0.537. The van der Waals surface area contributed by atoms with Gasteiger partial charge in [0.05, 0.1) is 6.54 Å². The minimum Gasteiger partial charge on any atom is -0.471 e. The van der Waals surface area contributed by atoms with Crippen LogP contribution in [-0.4, -0.2) is 30.5 Å². The lowest BCUT2D eigenvalue weighted by molar-refractivity contribution is 0.101. The highest BCUT2D eigenvalue weighted by Crippen LogP contribution is 2.09. The molecular formula is C20H18N6O2. The van der Waals surface area contributed by atoms with E-state index in [1.165, 1.54) is 0 Å². The highest BCUT2D eigenvalue weighted by molar-refractivity contribution is 6.01. The van der Waals surface area contributed by atoms with Crippen molar-refractivity contribution < 1.29 is 9.53 Å². The number of ether oxygens (including phenoxy) is 1. The molecule has 0 radical (unpaired) electrons. The van der Waals surface area contributed by atoms with Crippen LogP contribution in [0.2, 0.25) is 0 Å². The fraction of sp³-hybridized carbons (Fsp3) is 0.100. The van der Waals surface area contributed by atoms with E-state index in [0.717, 1.165) is 11.3 Å². The topological polar surface area (TPSA) is 86.9 Å². The third-order valence-corrected chi connectivity index (χ3v) is 3.93. The Hall–Kier alpha value is -3.94. The molecule has 1 amide bonds. The maximum Gasteiger partial charge on any atom is 0.278 e. The maximum atomic E-state index is 12.4. The summed E-state index contributed by atoms with van der Waals surface area (Å²) in [6.07, 6.45) is 3.26. The molecule has 0 spiro atoms. The Morgan fingerprint density at radius 2 is 1.68 bits per heavy atom. The zero-order chi connectivity index (χ0) is 19.2. The number of carbonyl (C=O) groups excluding carboxylic acids is 1. The molecule has 0 aliphatic rings. The van der Waals surface area contributed by atoms with Crippen LogP contribution < -0.4 is 10.1 Å². The number of carbonyl (C=O) groups is 1. The van der Waals surface area contributed by atoms with Crippen LogP contribution in [-0.2, 0) is 13.3 Å². The van der Waals surface area contributed by atoms with Crippen LogP contribution in [0.25, 0.3) is 0 Å². The number of rotatable bonds is 7. The predicted molar refractivity (Wildman–Crippen MR) is 103 cm³/mol. The minimum absolute atomic E-state index is 0.210. The van der Waals surface area contributed by atoms with Crippen LogP contribution >= 0.6 is 0 Å². The number of aromatic nitrogens is 5. The third kappa shape index (κ3) is 4.42. The molecule has 140 valence electrons. The summed E-state index contributed by atoms with van der Waals surface area (Å²) < 4.78 is 8.81. The summed E-state index contributed by atoms with van der Waals surface area (Å²) in [5, 5.41) is 11.1. The Kier molecular flexibility index (Phi) is 5.10. The number of benzene rings is 2. The smallest absolute Gasteiger partial charge is 0.278 e. The molecule has 2 aromatic heterocycles. The van der Waals surface area contributed by atoms with Gasteiger partial charge in [0.15, 0.2) is 12.4 Å².